The fourth-order valence-corrected chi connectivity index (χ4v) is 3.57. The van der Waals surface area contributed by atoms with Gasteiger partial charge in [0.15, 0.2) is 0 Å². The maximum atomic E-state index is 12.6. The van der Waals surface area contributed by atoms with Gasteiger partial charge in [-0.2, -0.15) is 0 Å². The third-order valence-electron chi connectivity index (χ3n) is 3.82. The molecule has 1 saturated heterocycles. The van der Waals surface area contributed by atoms with Crippen LogP contribution < -0.4 is 10.6 Å². The normalized spacial score (nSPS) is 24.3. The van der Waals surface area contributed by atoms with Crippen LogP contribution in [-0.2, 0) is 4.79 Å². The van der Waals surface area contributed by atoms with E-state index in [4.69, 9.17) is 0 Å². The number of carbonyl (C=O) groups is 1. The predicted molar refractivity (Wildman–Crippen MR) is 78.2 cm³/mol. The van der Waals surface area contributed by atoms with E-state index in [0.717, 1.165) is 43.7 Å². The number of rotatable bonds is 6. The predicted octanol–water partition coefficient (Wildman–Crippen LogP) is 2.63. The fraction of sp³-hybridized carbons (Fsp3) is 0.714. The van der Waals surface area contributed by atoms with Crippen molar-refractivity contribution >= 4 is 17.2 Å². The molecule has 1 aliphatic rings. The van der Waals surface area contributed by atoms with Crippen LogP contribution in [0.15, 0.2) is 11.6 Å². The highest BCUT2D eigenvalue weighted by molar-refractivity contribution is 7.09. The van der Waals surface area contributed by atoms with E-state index in [0.29, 0.717) is 0 Å². The summed E-state index contributed by atoms with van der Waals surface area (Å²) in [7, 11) is 0. The van der Waals surface area contributed by atoms with E-state index in [2.05, 4.69) is 29.5 Å². The first-order chi connectivity index (χ1) is 9.22. The van der Waals surface area contributed by atoms with Crippen LogP contribution in [0.2, 0.25) is 0 Å². The van der Waals surface area contributed by atoms with Gasteiger partial charge in [-0.15, -0.1) is 11.3 Å². The zero-order valence-corrected chi connectivity index (χ0v) is 12.6. The van der Waals surface area contributed by atoms with Crippen LogP contribution in [0.1, 0.15) is 57.0 Å². The summed E-state index contributed by atoms with van der Waals surface area (Å²) in [5.41, 5.74) is -0.348. The van der Waals surface area contributed by atoms with Crippen LogP contribution in [0.4, 0.5) is 0 Å². The number of amides is 1. The summed E-state index contributed by atoms with van der Waals surface area (Å²) in [6.45, 7) is 5.16. The third-order valence-corrected chi connectivity index (χ3v) is 4.71. The molecule has 0 saturated carbocycles. The average Bonchev–Trinajstić information content (AvgIpc) is 3.07. The standard InChI is InChI=1S/C14H23N3OS/c1-3-6-14(7-5-8-16-14)13(18)17-11(4-2)12-15-9-10-19-12/h9-11,16H,3-8H2,1-2H3,(H,17,18). The zero-order valence-electron chi connectivity index (χ0n) is 11.7. The molecule has 1 aromatic heterocycles. The second kappa shape index (κ2) is 6.48. The summed E-state index contributed by atoms with van der Waals surface area (Å²) in [6.07, 6.45) is 6.63. The van der Waals surface area contributed by atoms with Gasteiger partial charge in [0.1, 0.15) is 5.01 Å². The van der Waals surface area contributed by atoms with Gasteiger partial charge < -0.3 is 10.6 Å². The Labute approximate surface area is 119 Å². The monoisotopic (exact) mass is 281 g/mol. The van der Waals surface area contributed by atoms with E-state index in [9.17, 15) is 4.79 Å². The van der Waals surface area contributed by atoms with Crippen molar-refractivity contribution in [3.8, 4) is 0 Å². The van der Waals surface area contributed by atoms with E-state index < -0.39 is 0 Å². The summed E-state index contributed by atoms with van der Waals surface area (Å²) in [6, 6.07) is 0.0450. The maximum absolute atomic E-state index is 12.6. The molecular formula is C14H23N3OS. The van der Waals surface area contributed by atoms with E-state index in [1.54, 1.807) is 17.5 Å². The van der Waals surface area contributed by atoms with E-state index >= 15 is 0 Å². The highest BCUT2D eigenvalue weighted by Gasteiger charge is 2.40. The number of thiazole rings is 1. The molecule has 2 N–H and O–H groups in total. The Morgan fingerprint density at radius 1 is 1.63 bits per heavy atom. The second-order valence-corrected chi connectivity index (χ2v) is 6.09. The number of aromatic nitrogens is 1. The zero-order chi connectivity index (χ0) is 13.7. The Morgan fingerprint density at radius 3 is 3.00 bits per heavy atom. The molecule has 2 unspecified atom stereocenters. The Hall–Kier alpha value is -0.940. The molecule has 2 atom stereocenters. The van der Waals surface area contributed by atoms with E-state index in [1.807, 2.05) is 5.38 Å². The lowest BCUT2D eigenvalue weighted by Crippen LogP contribution is -2.54. The van der Waals surface area contributed by atoms with E-state index in [-0.39, 0.29) is 17.5 Å². The molecule has 1 aromatic rings. The largest absolute Gasteiger partial charge is 0.345 e. The summed E-state index contributed by atoms with van der Waals surface area (Å²) >= 11 is 1.61. The van der Waals surface area contributed by atoms with Gasteiger partial charge in [-0.25, -0.2) is 4.98 Å². The van der Waals surface area contributed by atoms with Gasteiger partial charge in [0.25, 0.3) is 0 Å². The van der Waals surface area contributed by atoms with Crippen molar-refractivity contribution in [2.45, 2.75) is 57.5 Å². The summed E-state index contributed by atoms with van der Waals surface area (Å²) in [4.78, 5) is 16.9. The Bertz CT molecular complexity index is 399. The van der Waals surface area contributed by atoms with Crippen LogP contribution in [0.25, 0.3) is 0 Å². The molecule has 19 heavy (non-hydrogen) atoms. The van der Waals surface area contributed by atoms with Crippen LogP contribution in [0, 0.1) is 0 Å². The van der Waals surface area contributed by atoms with Gasteiger partial charge in [-0.05, 0) is 32.2 Å². The molecule has 2 rings (SSSR count). The van der Waals surface area contributed by atoms with Crippen molar-refractivity contribution < 1.29 is 4.79 Å². The molecule has 0 spiro atoms. The first-order valence-corrected chi connectivity index (χ1v) is 8.05. The molecule has 0 bridgehead atoms. The van der Waals surface area contributed by atoms with Crippen LogP contribution in [0.3, 0.4) is 0 Å². The molecule has 5 heteroatoms. The Morgan fingerprint density at radius 2 is 2.47 bits per heavy atom. The number of hydrogen-bond donors (Lipinski definition) is 2. The summed E-state index contributed by atoms with van der Waals surface area (Å²) < 4.78 is 0. The topological polar surface area (TPSA) is 54.0 Å². The Balaban J connectivity index is 2.06. The van der Waals surface area contributed by atoms with Crippen LogP contribution >= 0.6 is 11.3 Å². The van der Waals surface area contributed by atoms with Crippen molar-refractivity contribution in [2.75, 3.05) is 6.54 Å². The van der Waals surface area contributed by atoms with Gasteiger partial charge in [-0.1, -0.05) is 20.3 Å². The molecular weight excluding hydrogens is 258 g/mol. The smallest absolute Gasteiger partial charge is 0.240 e. The minimum absolute atomic E-state index is 0.0450. The molecule has 4 nitrogen and oxygen atoms in total. The number of nitrogens with zero attached hydrogens (tertiary/aromatic N) is 1. The molecule has 106 valence electrons. The number of nitrogens with one attached hydrogen (secondary N) is 2. The van der Waals surface area contributed by atoms with Gasteiger partial charge in [0, 0.05) is 11.6 Å². The number of carbonyl (C=O) groups excluding carboxylic acids is 1. The van der Waals surface area contributed by atoms with Crippen molar-refractivity contribution in [3.63, 3.8) is 0 Å². The number of hydrogen-bond acceptors (Lipinski definition) is 4. The molecule has 2 heterocycles. The minimum atomic E-state index is -0.348. The molecule has 1 amide bonds. The highest BCUT2D eigenvalue weighted by Crippen LogP contribution is 2.27. The van der Waals surface area contributed by atoms with Gasteiger partial charge in [0.2, 0.25) is 5.91 Å². The lowest BCUT2D eigenvalue weighted by Gasteiger charge is -2.29. The van der Waals surface area contributed by atoms with Gasteiger partial charge in [-0.3, -0.25) is 4.79 Å². The first-order valence-electron chi connectivity index (χ1n) is 7.17. The van der Waals surface area contributed by atoms with Gasteiger partial charge in [0.05, 0.1) is 11.6 Å². The minimum Gasteiger partial charge on any atom is -0.345 e. The molecule has 1 aliphatic heterocycles. The van der Waals surface area contributed by atoms with Crippen molar-refractivity contribution in [3.05, 3.63) is 16.6 Å². The molecule has 1 fully saturated rings. The van der Waals surface area contributed by atoms with Crippen molar-refractivity contribution in [2.24, 2.45) is 0 Å². The van der Waals surface area contributed by atoms with Crippen LogP contribution in [-0.4, -0.2) is 23.0 Å². The maximum Gasteiger partial charge on any atom is 0.240 e. The summed E-state index contributed by atoms with van der Waals surface area (Å²) in [5, 5.41) is 9.56. The third kappa shape index (κ3) is 3.15. The van der Waals surface area contributed by atoms with Crippen molar-refractivity contribution in [1.82, 2.24) is 15.6 Å². The van der Waals surface area contributed by atoms with Crippen LogP contribution in [0.5, 0.6) is 0 Å². The van der Waals surface area contributed by atoms with Gasteiger partial charge >= 0.3 is 0 Å². The van der Waals surface area contributed by atoms with E-state index in [1.165, 1.54) is 0 Å². The highest BCUT2D eigenvalue weighted by atomic mass is 32.1. The first kappa shape index (κ1) is 14.5. The quantitative estimate of drug-likeness (QED) is 0.843. The molecule has 0 aliphatic carbocycles. The summed E-state index contributed by atoms with van der Waals surface area (Å²) in [5.74, 6) is 0.147. The lowest BCUT2D eigenvalue weighted by molar-refractivity contribution is -0.128. The van der Waals surface area contributed by atoms with Crippen molar-refractivity contribution in [1.29, 1.82) is 0 Å². The Kier molecular flexibility index (Phi) is 4.93. The molecule has 0 aromatic carbocycles. The molecule has 0 radical (unpaired) electrons. The fourth-order valence-electron chi connectivity index (χ4n) is 2.80. The second-order valence-electron chi connectivity index (χ2n) is 5.17. The SMILES string of the molecule is CCCC1(C(=O)NC(CC)c2nccs2)CCCN1. The lowest BCUT2D eigenvalue weighted by atomic mass is 9.90. The average molecular weight is 281 g/mol.